The molecule has 328 valence electrons. The number of nitrogens with zero attached hydrogens (tertiary/aromatic N) is 1. The van der Waals surface area contributed by atoms with E-state index in [1.165, 1.54) is 4.90 Å². The number of carbonyl (C=O) groups excluding carboxylic acids is 7. The Hall–Kier alpha value is -5.47. The lowest BCUT2D eigenvalue weighted by molar-refractivity contribution is -0.140. The minimum atomic E-state index is -1.14. The van der Waals surface area contributed by atoms with Gasteiger partial charge in [0.15, 0.2) is 0 Å². The van der Waals surface area contributed by atoms with Gasteiger partial charge in [0.2, 0.25) is 35.4 Å². The molecule has 2 aromatic carbocycles. The highest BCUT2D eigenvalue weighted by Gasteiger charge is 2.34. The van der Waals surface area contributed by atoms with Gasteiger partial charge in [-0.25, -0.2) is 4.79 Å². The fourth-order valence-corrected chi connectivity index (χ4v) is 7.53. The van der Waals surface area contributed by atoms with E-state index in [1.54, 1.807) is 20.8 Å². The summed E-state index contributed by atoms with van der Waals surface area (Å²) >= 11 is 0. The van der Waals surface area contributed by atoms with Crippen LogP contribution in [0.25, 0.3) is 0 Å². The topological polar surface area (TPSA) is 204 Å². The van der Waals surface area contributed by atoms with Gasteiger partial charge in [0.1, 0.15) is 36.8 Å². The fourth-order valence-electron chi connectivity index (χ4n) is 7.53. The van der Waals surface area contributed by atoms with Gasteiger partial charge < -0.3 is 41.5 Å². The molecule has 60 heavy (non-hydrogen) atoms. The maximum Gasteiger partial charge on any atom is 0.408 e. The Kier molecular flexibility index (Phi) is 18.8. The number of ether oxygens (including phenoxy) is 1. The highest BCUT2D eigenvalue weighted by atomic mass is 16.5. The first-order valence-electron chi connectivity index (χ1n) is 21.5. The van der Waals surface area contributed by atoms with E-state index in [4.69, 9.17) is 4.74 Å². The standard InChI is InChI=1S/C45H65N7O8/c1-29(2)25-36-42(56)50-37(26-32-17-9-6-10-18-32)41(55)46-31(5)44(58)52(27-38(53)47-34-21-13-8-14-22-34)24-16-15-23-35(40(54)49-36)48-43(57)39(30(3)4)51-45(59)60-28-33-19-11-7-12-20-33/h6-7,9-12,17-20,29-31,34-37,39H,8,13-16,21-28H2,1-5H3,(H,46,55)(H,47,53)(H,48,57)(H,49,54)(H,50,56)(H,51,59)/t31-,35?,36-,37-,39-/m0/s1. The van der Waals surface area contributed by atoms with Gasteiger partial charge in [0, 0.05) is 19.0 Å². The predicted molar refractivity (Wildman–Crippen MR) is 227 cm³/mol. The minimum absolute atomic E-state index is 0.00214. The Morgan fingerprint density at radius 3 is 1.97 bits per heavy atom. The smallest absolute Gasteiger partial charge is 0.408 e. The van der Waals surface area contributed by atoms with E-state index in [-0.39, 0.29) is 56.8 Å². The third-order valence-corrected chi connectivity index (χ3v) is 10.8. The summed E-state index contributed by atoms with van der Waals surface area (Å²) < 4.78 is 5.37. The minimum Gasteiger partial charge on any atom is -0.445 e. The third kappa shape index (κ3) is 15.6. The molecule has 1 saturated heterocycles. The summed E-state index contributed by atoms with van der Waals surface area (Å²) in [4.78, 5) is 97.6. The molecule has 2 aliphatic rings. The van der Waals surface area contributed by atoms with Crippen LogP contribution in [-0.2, 0) is 46.5 Å². The molecule has 2 aromatic rings. The SMILES string of the molecule is CC(C)C[C@@H]1NC(=O)C(NC(=O)[C@@H](NC(=O)OCc2ccccc2)C(C)C)CCCCN(CC(=O)NC2CCCCC2)C(=O)[C@H](C)NC(=O)[C@H](Cc2ccccc2)NC1=O. The van der Waals surface area contributed by atoms with Crippen LogP contribution in [0.4, 0.5) is 4.79 Å². The third-order valence-electron chi connectivity index (χ3n) is 10.8. The molecule has 1 aliphatic heterocycles. The average molecular weight is 832 g/mol. The average Bonchev–Trinajstić information content (AvgIpc) is 3.22. The van der Waals surface area contributed by atoms with Crippen LogP contribution >= 0.6 is 0 Å². The van der Waals surface area contributed by atoms with Crippen molar-refractivity contribution < 1.29 is 38.3 Å². The van der Waals surface area contributed by atoms with Crippen molar-refractivity contribution in [3.63, 3.8) is 0 Å². The number of hydrogen-bond acceptors (Lipinski definition) is 8. The van der Waals surface area contributed by atoms with Gasteiger partial charge in [-0.3, -0.25) is 28.8 Å². The summed E-state index contributed by atoms with van der Waals surface area (Å²) in [6.45, 7) is 8.78. The van der Waals surface area contributed by atoms with E-state index in [0.29, 0.717) is 12.8 Å². The van der Waals surface area contributed by atoms with E-state index in [2.05, 4.69) is 31.9 Å². The molecule has 0 aromatic heterocycles. The summed E-state index contributed by atoms with van der Waals surface area (Å²) in [5.74, 6) is -3.65. The van der Waals surface area contributed by atoms with Crippen LogP contribution in [0.1, 0.15) is 104 Å². The van der Waals surface area contributed by atoms with Gasteiger partial charge >= 0.3 is 6.09 Å². The fraction of sp³-hybridized carbons (Fsp3) is 0.578. The quantitative estimate of drug-likeness (QED) is 0.176. The Morgan fingerprint density at radius 2 is 1.33 bits per heavy atom. The molecule has 6 N–H and O–H groups in total. The van der Waals surface area contributed by atoms with Crippen LogP contribution in [0.15, 0.2) is 60.7 Å². The summed E-state index contributed by atoms with van der Waals surface area (Å²) in [5.41, 5.74) is 1.53. The van der Waals surface area contributed by atoms with Crippen LogP contribution in [0, 0.1) is 11.8 Å². The molecule has 15 heteroatoms. The zero-order valence-corrected chi connectivity index (χ0v) is 35.8. The number of amides is 7. The van der Waals surface area contributed by atoms with Crippen molar-refractivity contribution in [3.8, 4) is 0 Å². The second-order valence-electron chi connectivity index (χ2n) is 16.8. The van der Waals surface area contributed by atoms with Crippen molar-refractivity contribution in [1.82, 2.24) is 36.8 Å². The van der Waals surface area contributed by atoms with E-state index in [0.717, 1.165) is 43.2 Å². The molecule has 4 rings (SSSR count). The van der Waals surface area contributed by atoms with Crippen molar-refractivity contribution in [3.05, 3.63) is 71.8 Å². The molecule has 1 heterocycles. The molecular weight excluding hydrogens is 767 g/mol. The number of alkyl carbamates (subject to hydrolysis) is 1. The molecule has 15 nitrogen and oxygen atoms in total. The summed E-state index contributed by atoms with van der Waals surface area (Å²) in [6.07, 6.45) is 5.25. The molecule has 7 amide bonds. The van der Waals surface area contributed by atoms with Crippen molar-refractivity contribution in [2.24, 2.45) is 11.8 Å². The zero-order chi connectivity index (χ0) is 43.6. The predicted octanol–water partition coefficient (Wildman–Crippen LogP) is 3.65. The van der Waals surface area contributed by atoms with Gasteiger partial charge in [-0.15, -0.1) is 0 Å². The van der Waals surface area contributed by atoms with Gasteiger partial charge in [-0.2, -0.15) is 0 Å². The molecule has 1 saturated carbocycles. The zero-order valence-electron chi connectivity index (χ0n) is 35.8. The maximum absolute atomic E-state index is 14.2. The Bertz CT molecular complexity index is 1740. The molecule has 0 radical (unpaired) electrons. The number of carbonyl (C=O) groups is 7. The van der Waals surface area contributed by atoms with Crippen molar-refractivity contribution in [2.75, 3.05) is 13.1 Å². The summed E-state index contributed by atoms with van der Waals surface area (Å²) in [6, 6.07) is 12.8. The largest absolute Gasteiger partial charge is 0.445 e. The second-order valence-corrected chi connectivity index (χ2v) is 16.8. The van der Waals surface area contributed by atoms with E-state index < -0.39 is 71.8 Å². The second kappa shape index (κ2) is 24.0. The first-order chi connectivity index (χ1) is 28.7. The first-order valence-corrected chi connectivity index (χ1v) is 21.5. The Balaban J connectivity index is 1.59. The van der Waals surface area contributed by atoms with E-state index in [9.17, 15) is 33.6 Å². The summed E-state index contributed by atoms with van der Waals surface area (Å²) in [7, 11) is 0. The van der Waals surface area contributed by atoms with Crippen LogP contribution in [0.2, 0.25) is 0 Å². The monoisotopic (exact) mass is 831 g/mol. The normalized spacial score (nSPS) is 21.9. The maximum atomic E-state index is 14.2. The molecule has 0 spiro atoms. The van der Waals surface area contributed by atoms with E-state index in [1.807, 2.05) is 74.5 Å². The number of benzene rings is 2. The highest BCUT2D eigenvalue weighted by molar-refractivity contribution is 5.96. The molecule has 2 fully saturated rings. The lowest BCUT2D eigenvalue weighted by Crippen LogP contribution is -2.60. The van der Waals surface area contributed by atoms with Crippen LogP contribution < -0.4 is 31.9 Å². The molecule has 1 aliphatic carbocycles. The molecule has 0 bridgehead atoms. The number of nitrogens with one attached hydrogen (secondary N) is 6. The van der Waals surface area contributed by atoms with Gasteiger partial charge in [-0.05, 0) is 68.4 Å². The van der Waals surface area contributed by atoms with Crippen LogP contribution in [0.5, 0.6) is 0 Å². The first kappa shape index (κ1) is 47.2. The van der Waals surface area contributed by atoms with Crippen molar-refractivity contribution >= 4 is 41.5 Å². The highest BCUT2D eigenvalue weighted by Crippen LogP contribution is 2.18. The molecular formula is C45H65N7O8. The van der Waals surface area contributed by atoms with Crippen molar-refractivity contribution in [1.29, 1.82) is 0 Å². The van der Waals surface area contributed by atoms with Gasteiger partial charge in [0.05, 0.1) is 6.54 Å². The Morgan fingerprint density at radius 1 is 0.733 bits per heavy atom. The Labute approximate surface area is 354 Å². The van der Waals surface area contributed by atoms with Crippen LogP contribution in [-0.4, -0.2) is 95.8 Å². The molecule has 5 atom stereocenters. The number of hydrogen-bond donors (Lipinski definition) is 6. The number of rotatable bonds is 13. The lowest BCUT2D eigenvalue weighted by Gasteiger charge is -2.30. The van der Waals surface area contributed by atoms with Gasteiger partial charge in [-0.1, -0.05) is 108 Å². The van der Waals surface area contributed by atoms with Crippen LogP contribution in [0.3, 0.4) is 0 Å². The summed E-state index contributed by atoms with van der Waals surface area (Å²) in [5, 5.41) is 17.0. The van der Waals surface area contributed by atoms with Crippen molar-refractivity contribution in [2.45, 2.75) is 142 Å². The van der Waals surface area contributed by atoms with E-state index >= 15 is 0 Å². The molecule has 1 unspecified atom stereocenters. The lowest BCUT2D eigenvalue weighted by atomic mass is 9.95. The van der Waals surface area contributed by atoms with Gasteiger partial charge in [0.25, 0.3) is 0 Å².